The van der Waals surface area contributed by atoms with Crippen LogP contribution >= 0.6 is 15.9 Å². The molecule has 0 aromatic carbocycles. The van der Waals surface area contributed by atoms with Crippen LogP contribution in [0.1, 0.15) is 55.8 Å². The molecule has 1 N–H and O–H groups in total. The first kappa shape index (κ1) is 16.7. The lowest BCUT2D eigenvalue weighted by Gasteiger charge is -2.30. The molecule has 0 spiro atoms. The lowest BCUT2D eigenvalue weighted by molar-refractivity contribution is 0.300. The summed E-state index contributed by atoms with van der Waals surface area (Å²) < 4.78 is 2.62. The summed E-state index contributed by atoms with van der Waals surface area (Å²) in [6.45, 7) is 0. The molecule has 2 aliphatic rings. The summed E-state index contributed by atoms with van der Waals surface area (Å²) in [5.41, 5.74) is 2.36. The predicted octanol–water partition coefficient (Wildman–Crippen LogP) is 3.27. The number of halogens is 1. The van der Waals surface area contributed by atoms with E-state index in [-0.39, 0.29) is 11.6 Å². The Bertz CT molecular complexity index is 796. The summed E-state index contributed by atoms with van der Waals surface area (Å²) in [6, 6.07) is 2.39. The minimum absolute atomic E-state index is 0.0632. The van der Waals surface area contributed by atoms with Crippen molar-refractivity contribution in [2.75, 3.05) is 5.32 Å². The van der Waals surface area contributed by atoms with Crippen LogP contribution in [0.4, 0.5) is 5.95 Å². The third-order valence-corrected chi connectivity index (χ3v) is 5.64. The highest BCUT2D eigenvalue weighted by atomic mass is 79.9. The molecule has 0 saturated heterocycles. The molecule has 0 unspecified atom stereocenters. The first-order chi connectivity index (χ1) is 12.2. The van der Waals surface area contributed by atoms with Gasteiger partial charge in [0.15, 0.2) is 0 Å². The van der Waals surface area contributed by atoms with Crippen LogP contribution in [-0.4, -0.2) is 25.8 Å². The number of nitrogens with one attached hydrogen (secondary N) is 1. The van der Waals surface area contributed by atoms with Gasteiger partial charge in [-0.25, -0.2) is 14.6 Å². The van der Waals surface area contributed by atoms with E-state index in [9.17, 15) is 4.79 Å². The highest BCUT2D eigenvalue weighted by Crippen LogP contribution is 2.29. The van der Waals surface area contributed by atoms with Crippen molar-refractivity contribution >= 4 is 21.9 Å². The molecule has 2 aromatic heterocycles. The summed E-state index contributed by atoms with van der Waals surface area (Å²) in [4.78, 5) is 21.0. The second-order valence-corrected chi connectivity index (χ2v) is 7.90. The quantitative estimate of drug-likeness (QED) is 0.850. The highest BCUT2D eigenvalue weighted by molar-refractivity contribution is 9.10. The van der Waals surface area contributed by atoms with Crippen molar-refractivity contribution in [3.8, 4) is 0 Å². The monoisotopic (exact) mass is 403 g/mol. The van der Waals surface area contributed by atoms with E-state index in [1.165, 1.54) is 12.8 Å². The van der Waals surface area contributed by atoms with Gasteiger partial charge < -0.3 is 5.32 Å². The summed E-state index contributed by atoms with van der Waals surface area (Å²) >= 11 is 3.35. The van der Waals surface area contributed by atoms with Crippen molar-refractivity contribution in [2.45, 2.75) is 63.5 Å². The molecule has 0 radical (unpaired) electrons. The zero-order chi connectivity index (χ0) is 17.2. The molecule has 0 atom stereocenters. The molecule has 0 amide bonds. The van der Waals surface area contributed by atoms with Crippen LogP contribution < -0.4 is 10.9 Å². The fourth-order valence-electron chi connectivity index (χ4n) is 3.87. The standard InChI is InChI=1S/C18H22BrN5O/c19-13-10-20-18(21-11-13)22-14-5-7-15(8-6-14)24-17(25)9-12-3-1-2-4-16(12)23-24/h9-11,14-15H,1-8H2,(H,20,21,22). The molecule has 2 aromatic rings. The first-order valence-corrected chi connectivity index (χ1v) is 9.84. The maximum Gasteiger partial charge on any atom is 0.267 e. The summed E-state index contributed by atoms with van der Waals surface area (Å²) in [6.07, 6.45) is 11.8. The van der Waals surface area contributed by atoms with Crippen molar-refractivity contribution in [3.63, 3.8) is 0 Å². The van der Waals surface area contributed by atoms with Crippen molar-refractivity contribution in [3.05, 3.63) is 44.5 Å². The molecule has 0 aliphatic heterocycles. The average molecular weight is 404 g/mol. The van der Waals surface area contributed by atoms with E-state index in [1.807, 2.05) is 6.07 Å². The lowest BCUT2D eigenvalue weighted by Crippen LogP contribution is -2.34. The topological polar surface area (TPSA) is 72.7 Å². The Kier molecular flexibility index (Phi) is 4.83. The number of nitrogens with zero attached hydrogens (tertiary/aromatic N) is 4. The predicted molar refractivity (Wildman–Crippen MR) is 99.8 cm³/mol. The molecule has 7 heteroatoms. The molecule has 0 bridgehead atoms. The van der Waals surface area contributed by atoms with Gasteiger partial charge in [0.2, 0.25) is 5.95 Å². The van der Waals surface area contributed by atoms with E-state index in [0.29, 0.717) is 12.0 Å². The van der Waals surface area contributed by atoms with Crippen LogP contribution in [0.5, 0.6) is 0 Å². The third-order valence-electron chi connectivity index (χ3n) is 5.23. The maximum atomic E-state index is 12.5. The van der Waals surface area contributed by atoms with Crippen LogP contribution in [0.3, 0.4) is 0 Å². The lowest BCUT2D eigenvalue weighted by atomic mass is 9.91. The van der Waals surface area contributed by atoms with Crippen LogP contribution in [0.15, 0.2) is 27.7 Å². The van der Waals surface area contributed by atoms with E-state index in [2.05, 4.69) is 31.2 Å². The Morgan fingerprint density at radius 1 is 1.08 bits per heavy atom. The molecule has 6 nitrogen and oxygen atoms in total. The third kappa shape index (κ3) is 3.76. The summed E-state index contributed by atoms with van der Waals surface area (Å²) in [5, 5.41) is 8.10. The van der Waals surface area contributed by atoms with E-state index in [1.54, 1.807) is 17.1 Å². The number of hydrogen-bond donors (Lipinski definition) is 1. The van der Waals surface area contributed by atoms with Gasteiger partial charge in [-0.05, 0) is 72.9 Å². The van der Waals surface area contributed by atoms with E-state index < -0.39 is 0 Å². The van der Waals surface area contributed by atoms with Crippen molar-refractivity contribution in [1.29, 1.82) is 0 Å². The molecule has 2 heterocycles. The highest BCUT2D eigenvalue weighted by Gasteiger charge is 2.25. The smallest absolute Gasteiger partial charge is 0.267 e. The summed E-state index contributed by atoms with van der Waals surface area (Å²) in [5.74, 6) is 0.663. The second kappa shape index (κ2) is 7.23. The van der Waals surface area contributed by atoms with Crippen LogP contribution in [0.2, 0.25) is 0 Å². The Morgan fingerprint density at radius 2 is 1.80 bits per heavy atom. The number of fused-ring (bicyclic) bond motifs is 1. The van der Waals surface area contributed by atoms with Gasteiger partial charge in [0, 0.05) is 24.5 Å². The molecule has 2 aliphatic carbocycles. The molecule has 132 valence electrons. The number of aromatic nitrogens is 4. The Labute approximate surface area is 155 Å². The van der Waals surface area contributed by atoms with Gasteiger partial charge in [0.05, 0.1) is 16.2 Å². The van der Waals surface area contributed by atoms with Crippen LogP contribution in [0.25, 0.3) is 0 Å². The second-order valence-electron chi connectivity index (χ2n) is 6.98. The summed E-state index contributed by atoms with van der Waals surface area (Å²) in [7, 11) is 0. The Morgan fingerprint density at radius 3 is 2.56 bits per heavy atom. The number of aryl methyl sites for hydroxylation is 2. The fraction of sp³-hybridized carbons (Fsp3) is 0.556. The van der Waals surface area contributed by atoms with E-state index >= 15 is 0 Å². The van der Waals surface area contributed by atoms with Crippen LogP contribution in [0, 0.1) is 0 Å². The molecular formula is C18H22BrN5O. The minimum atomic E-state index is 0.0632. The fourth-order valence-corrected chi connectivity index (χ4v) is 4.08. The largest absolute Gasteiger partial charge is 0.351 e. The molecular weight excluding hydrogens is 382 g/mol. The zero-order valence-electron chi connectivity index (χ0n) is 14.1. The van der Waals surface area contributed by atoms with Crippen molar-refractivity contribution in [2.24, 2.45) is 0 Å². The molecule has 1 saturated carbocycles. The number of hydrogen-bond acceptors (Lipinski definition) is 5. The molecule has 1 fully saturated rings. The van der Waals surface area contributed by atoms with Crippen LogP contribution in [-0.2, 0) is 12.8 Å². The molecule has 4 rings (SSSR count). The van der Waals surface area contributed by atoms with Gasteiger partial charge >= 0.3 is 0 Å². The van der Waals surface area contributed by atoms with Crippen molar-refractivity contribution in [1.82, 2.24) is 19.7 Å². The van der Waals surface area contributed by atoms with E-state index in [0.717, 1.165) is 54.3 Å². The van der Waals surface area contributed by atoms with Gasteiger partial charge in [0.1, 0.15) is 0 Å². The number of anilines is 1. The number of rotatable bonds is 3. The minimum Gasteiger partial charge on any atom is -0.351 e. The average Bonchev–Trinajstić information content (AvgIpc) is 2.64. The van der Waals surface area contributed by atoms with Gasteiger partial charge in [-0.1, -0.05) is 0 Å². The zero-order valence-corrected chi connectivity index (χ0v) is 15.7. The molecule has 25 heavy (non-hydrogen) atoms. The van der Waals surface area contributed by atoms with Gasteiger partial charge in [0.25, 0.3) is 5.56 Å². The Balaban J connectivity index is 1.42. The van der Waals surface area contributed by atoms with Crippen molar-refractivity contribution < 1.29 is 0 Å². The first-order valence-electron chi connectivity index (χ1n) is 9.05. The van der Waals surface area contributed by atoms with Gasteiger partial charge in [-0.3, -0.25) is 4.79 Å². The van der Waals surface area contributed by atoms with Gasteiger partial charge in [-0.15, -0.1) is 0 Å². The normalized spacial score (nSPS) is 23.1. The Hall–Kier alpha value is -1.76. The van der Waals surface area contributed by atoms with E-state index in [4.69, 9.17) is 5.10 Å². The SMILES string of the molecule is O=c1cc2c(nn1C1CCC(Nc3ncc(Br)cn3)CC1)CCCC2. The van der Waals surface area contributed by atoms with Gasteiger partial charge in [-0.2, -0.15) is 5.10 Å². The maximum absolute atomic E-state index is 12.5.